The van der Waals surface area contributed by atoms with Crippen molar-refractivity contribution in [1.29, 1.82) is 0 Å². The van der Waals surface area contributed by atoms with Crippen molar-refractivity contribution in [2.45, 2.75) is 38.8 Å². The van der Waals surface area contributed by atoms with Crippen molar-refractivity contribution in [3.8, 4) is 0 Å². The Kier molecular flexibility index (Phi) is 3.23. The highest BCUT2D eigenvalue weighted by molar-refractivity contribution is 9.10. The van der Waals surface area contributed by atoms with E-state index in [0.717, 1.165) is 24.0 Å². The maximum atomic E-state index is 5.67. The summed E-state index contributed by atoms with van der Waals surface area (Å²) < 4.78 is 8.76. The zero-order valence-electron chi connectivity index (χ0n) is 8.37. The maximum absolute atomic E-state index is 5.67. The first-order chi connectivity index (χ1) is 6.77. The summed E-state index contributed by atoms with van der Waals surface area (Å²) in [5.74, 6) is 0. The Bertz CT molecular complexity index is 305. The van der Waals surface area contributed by atoms with Gasteiger partial charge < -0.3 is 4.74 Å². The molecule has 0 bridgehead atoms. The lowest BCUT2D eigenvalue weighted by molar-refractivity contribution is 0.00364. The Morgan fingerprint density at radius 1 is 1.64 bits per heavy atom. The van der Waals surface area contributed by atoms with Crippen molar-refractivity contribution < 1.29 is 4.74 Å². The molecule has 0 aromatic carbocycles. The fraction of sp³-hybridized carbons (Fsp3) is 0.700. The van der Waals surface area contributed by atoms with E-state index in [9.17, 15) is 0 Å². The fourth-order valence-electron chi connectivity index (χ4n) is 1.75. The van der Waals surface area contributed by atoms with Gasteiger partial charge in [-0.25, -0.2) is 0 Å². The van der Waals surface area contributed by atoms with E-state index >= 15 is 0 Å². The van der Waals surface area contributed by atoms with Crippen LogP contribution < -0.4 is 0 Å². The van der Waals surface area contributed by atoms with E-state index in [1.165, 1.54) is 18.5 Å². The molecule has 0 saturated carbocycles. The third kappa shape index (κ3) is 2.17. The highest BCUT2D eigenvalue weighted by atomic mass is 79.9. The van der Waals surface area contributed by atoms with Gasteiger partial charge >= 0.3 is 0 Å². The number of rotatable bonds is 2. The van der Waals surface area contributed by atoms with Gasteiger partial charge in [-0.2, -0.15) is 5.10 Å². The van der Waals surface area contributed by atoms with Crippen molar-refractivity contribution in [2.24, 2.45) is 0 Å². The van der Waals surface area contributed by atoms with E-state index in [-0.39, 0.29) is 0 Å². The van der Waals surface area contributed by atoms with Crippen LogP contribution in [0.15, 0.2) is 10.7 Å². The van der Waals surface area contributed by atoms with Gasteiger partial charge in [0.2, 0.25) is 0 Å². The van der Waals surface area contributed by atoms with Gasteiger partial charge in [-0.15, -0.1) is 0 Å². The first-order valence-corrected chi connectivity index (χ1v) is 5.86. The summed E-state index contributed by atoms with van der Waals surface area (Å²) in [5, 5.41) is 4.30. The van der Waals surface area contributed by atoms with Crippen LogP contribution in [0.1, 0.15) is 25.0 Å². The second-order valence-corrected chi connectivity index (χ2v) is 4.60. The molecule has 1 saturated heterocycles. The Balaban J connectivity index is 1.99. The van der Waals surface area contributed by atoms with Crippen molar-refractivity contribution in [2.75, 3.05) is 6.61 Å². The van der Waals surface area contributed by atoms with Gasteiger partial charge in [0.25, 0.3) is 0 Å². The number of hydrogen-bond acceptors (Lipinski definition) is 2. The van der Waals surface area contributed by atoms with Crippen LogP contribution >= 0.6 is 15.9 Å². The molecule has 1 unspecified atom stereocenters. The number of nitrogens with zero attached hydrogens (tertiary/aromatic N) is 2. The van der Waals surface area contributed by atoms with Crippen LogP contribution in [0, 0.1) is 6.92 Å². The monoisotopic (exact) mass is 258 g/mol. The molecule has 1 fully saturated rings. The van der Waals surface area contributed by atoms with Crippen LogP contribution in [0.5, 0.6) is 0 Å². The minimum absolute atomic E-state index is 0.356. The zero-order chi connectivity index (χ0) is 9.97. The largest absolute Gasteiger partial charge is 0.376 e. The normalized spacial score (nSPS) is 22.6. The molecular formula is C10H15BrN2O. The molecule has 2 rings (SSSR count). The van der Waals surface area contributed by atoms with Gasteiger partial charge in [-0.1, -0.05) is 0 Å². The van der Waals surface area contributed by atoms with Gasteiger partial charge in [0.15, 0.2) is 0 Å². The summed E-state index contributed by atoms with van der Waals surface area (Å²) in [6.07, 6.45) is 5.86. The smallest absolute Gasteiger partial charge is 0.0771 e. The van der Waals surface area contributed by atoms with Gasteiger partial charge in [0.1, 0.15) is 0 Å². The number of aromatic nitrogens is 2. The summed E-state index contributed by atoms with van der Waals surface area (Å²) in [6, 6.07) is 0. The molecule has 1 aliphatic heterocycles. The molecule has 14 heavy (non-hydrogen) atoms. The minimum atomic E-state index is 0.356. The summed E-state index contributed by atoms with van der Waals surface area (Å²) in [6.45, 7) is 3.86. The Morgan fingerprint density at radius 2 is 2.50 bits per heavy atom. The van der Waals surface area contributed by atoms with Crippen molar-refractivity contribution >= 4 is 15.9 Å². The highest BCUT2D eigenvalue weighted by Gasteiger charge is 2.15. The van der Waals surface area contributed by atoms with Crippen LogP contribution in [0.2, 0.25) is 0 Å². The lowest BCUT2D eigenvalue weighted by atomic mass is 10.1. The third-order valence-electron chi connectivity index (χ3n) is 2.69. The van der Waals surface area contributed by atoms with Crippen LogP contribution in [0.25, 0.3) is 0 Å². The second-order valence-electron chi connectivity index (χ2n) is 3.75. The molecule has 1 atom stereocenters. The average molecular weight is 259 g/mol. The van der Waals surface area contributed by atoms with E-state index in [0.29, 0.717) is 6.10 Å². The summed E-state index contributed by atoms with van der Waals surface area (Å²) in [4.78, 5) is 0. The fourth-order valence-corrected chi connectivity index (χ4v) is 2.05. The summed E-state index contributed by atoms with van der Waals surface area (Å²) in [5.41, 5.74) is 1.18. The van der Waals surface area contributed by atoms with E-state index in [4.69, 9.17) is 4.74 Å². The van der Waals surface area contributed by atoms with E-state index in [1.807, 2.05) is 10.9 Å². The molecule has 1 aromatic rings. The molecule has 2 heterocycles. The van der Waals surface area contributed by atoms with Gasteiger partial charge in [-0.3, -0.25) is 4.68 Å². The molecule has 0 N–H and O–H groups in total. The predicted molar refractivity (Wildman–Crippen MR) is 58.3 cm³/mol. The molecule has 3 nitrogen and oxygen atoms in total. The quantitative estimate of drug-likeness (QED) is 0.816. The van der Waals surface area contributed by atoms with Crippen LogP contribution in [-0.2, 0) is 11.3 Å². The second kappa shape index (κ2) is 4.45. The Hall–Kier alpha value is -0.350. The molecule has 4 heteroatoms. The standard InChI is InChI=1S/C10H15BrN2O/c1-8-10(11)6-12-13(8)7-9-4-2-3-5-14-9/h6,9H,2-5,7H2,1H3. The molecule has 0 amide bonds. The number of halogens is 1. The van der Waals surface area contributed by atoms with Crippen molar-refractivity contribution in [1.82, 2.24) is 9.78 Å². The summed E-state index contributed by atoms with van der Waals surface area (Å²) >= 11 is 3.46. The molecule has 0 radical (unpaired) electrons. The Labute approximate surface area is 92.6 Å². The molecule has 0 aliphatic carbocycles. The predicted octanol–water partition coefficient (Wildman–Crippen LogP) is 2.52. The van der Waals surface area contributed by atoms with E-state index < -0.39 is 0 Å². The molecule has 1 aromatic heterocycles. The number of ether oxygens (including phenoxy) is 1. The summed E-state index contributed by atoms with van der Waals surface area (Å²) in [7, 11) is 0. The minimum Gasteiger partial charge on any atom is -0.376 e. The maximum Gasteiger partial charge on any atom is 0.0771 e. The molecule has 0 spiro atoms. The lowest BCUT2D eigenvalue weighted by Gasteiger charge is -2.22. The third-order valence-corrected chi connectivity index (χ3v) is 3.47. The molecule has 1 aliphatic rings. The molecule has 78 valence electrons. The van der Waals surface area contributed by atoms with E-state index in [2.05, 4.69) is 28.0 Å². The van der Waals surface area contributed by atoms with Gasteiger partial charge in [-0.05, 0) is 42.1 Å². The number of hydrogen-bond donors (Lipinski definition) is 0. The van der Waals surface area contributed by atoms with Crippen LogP contribution in [0.3, 0.4) is 0 Å². The highest BCUT2D eigenvalue weighted by Crippen LogP contribution is 2.18. The lowest BCUT2D eigenvalue weighted by Crippen LogP contribution is -2.25. The Morgan fingerprint density at radius 3 is 3.07 bits per heavy atom. The van der Waals surface area contributed by atoms with Crippen LogP contribution in [-0.4, -0.2) is 22.5 Å². The van der Waals surface area contributed by atoms with E-state index in [1.54, 1.807) is 0 Å². The van der Waals surface area contributed by atoms with Crippen LogP contribution in [0.4, 0.5) is 0 Å². The average Bonchev–Trinajstić information content (AvgIpc) is 2.52. The zero-order valence-corrected chi connectivity index (χ0v) is 9.96. The first-order valence-electron chi connectivity index (χ1n) is 5.07. The SMILES string of the molecule is Cc1c(Br)cnn1CC1CCCCO1. The van der Waals surface area contributed by atoms with Crippen molar-refractivity contribution in [3.05, 3.63) is 16.4 Å². The van der Waals surface area contributed by atoms with Gasteiger partial charge in [0.05, 0.1) is 23.3 Å². The topological polar surface area (TPSA) is 27.1 Å². The van der Waals surface area contributed by atoms with Gasteiger partial charge in [0, 0.05) is 12.3 Å². The molecular weight excluding hydrogens is 244 g/mol. The first kappa shape index (κ1) is 10.2. The van der Waals surface area contributed by atoms with Crippen molar-refractivity contribution in [3.63, 3.8) is 0 Å².